The van der Waals surface area contributed by atoms with Gasteiger partial charge < -0.3 is 14.2 Å². The van der Waals surface area contributed by atoms with Crippen LogP contribution in [0.1, 0.15) is 23.4 Å². The first-order valence-electron chi connectivity index (χ1n) is 7.81. The summed E-state index contributed by atoms with van der Waals surface area (Å²) in [7, 11) is 0. The fourth-order valence-corrected chi connectivity index (χ4v) is 2.69. The standard InChI is InChI=1S/C17H19N3O4/c1-11-13(12(2)24-19-11)10-16(21)23-9-5-8-20-15-7-4-3-6-14(15)18-17(20)22/h3-4,6-7H,5,8-10H2,1-2H3,(H,18,22). The van der Waals surface area contributed by atoms with Gasteiger partial charge in [0.1, 0.15) is 5.76 Å². The lowest BCUT2D eigenvalue weighted by molar-refractivity contribution is -0.143. The van der Waals surface area contributed by atoms with Crippen LogP contribution in [0.3, 0.4) is 0 Å². The number of para-hydroxylation sites is 2. The summed E-state index contributed by atoms with van der Waals surface area (Å²) >= 11 is 0. The molecule has 7 nitrogen and oxygen atoms in total. The van der Waals surface area contributed by atoms with Gasteiger partial charge in [-0.2, -0.15) is 0 Å². The van der Waals surface area contributed by atoms with Gasteiger partial charge in [0, 0.05) is 12.1 Å². The van der Waals surface area contributed by atoms with Gasteiger partial charge in [-0.1, -0.05) is 17.3 Å². The Morgan fingerprint density at radius 3 is 2.88 bits per heavy atom. The molecule has 3 aromatic rings. The maximum Gasteiger partial charge on any atom is 0.326 e. The van der Waals surface area contributed by atoms with E-state index in [1.165, 1.54) is 0 Å². The second-order valence-electron chi connectivity index (χ2n) is 5.65. The summed E-state index contributed by atoms with van der Waals surface area (Å²) in [4.78, 5) is 26.6. The van der Waals surface area contributed by atoms with E-state index in [9.17, 15) is 9.59 Å². The minimum absolute atomic E-state index is 0.147. The molecule has 2 heterocycles. The van der Waals surface area contributed by atoms with E-state index in [4.69, 9.17) is 9.26 Å². The largest absolute Gasteiger partial charge is 0.465 e. The van der Waals surface area contributed by atoms with Crippen LogP contribution in [0.2, 0.25) is 0 Å². The number of fused-ring (bicyclic) bond motifs is 1. The summed E-state index contributed by atoms with van der Waals surface area (Å²) in [5.74, 6) is 0.311. The zero-order valence-electron chi connectivity index (χ0n) is 13.7. The number of nitrogens with one attached hydrogen (secondary N) is 1. The minimum Gasteiger partial charge on any atom is -0.465 e. The number of nitrogens with zero attached hydrogens (tertiary/aromatic N) is 2. The Labute approximate surface area is 138 Å². The van der Waals surface area contributed by atoms with Crippen molar-refractivity contribution in [2.75, 3.05) is 6.61 Å². The number of carbonyl (C=O) groups is 1. The second-order valence-corrected chi connectivity index (χ2v) is 5.65. The van der Waals surface area contributed by atoms with E-state index in [1.54, 1.807) is 18.4 Å². The molecule has 3 rings (SSSR count). The number of hydrogen-bond donors (Lipinski definition) is 1. The fraction of sp³-hybridized carbons (Fsp3) is 0.353. The van der Waals surface area contributed by atoms with Gasteiger partial charge in [0.05, 0.1) is 29.8 Å². The first kappa shape index (κ1) is 16.0. The van der Waals surface area contributed by atoms with Crippen LogP contribution in [0.4, 0.5) is 0 Å². The van der Waals surface area contributed by atoms with Gasteiger partial charge >= 0.3 is 11.7 Å². The van der Waals surface area contributed by atoms with Crippen LogP contribution in [-0.4, -0.2) is 27.3 Å². The number of aromatic nitrogens is 3. The molecule has 0 aliphatic carbocycles. The highest BCUT2D eigenvalue weighted by Gasteiger charge is 2.14. The van der Waals surface area contributed by atoms with E-state index >= 15 is 0 Å². The summed E-state index contributed by atoms with van der Waals surface area (Å²) in [6, 6.07) is 7.50. The van der Waals surface area contributed by atoms with Gasteiger partial charge in [0.2, 0.25) is 0 Å². The molecule has 0 aliphatic rings. The Morgan fingerprint density at radius 1 is 1.33 bits per heavy atom. The predicted octanol–water partition coefficient (Wildman–Crippen LogP) is 2.11. The van der Waals surface area contributed by atoms with Gasteiger partial charge in [-0.05, 0) is 32.4 Å². The molecule has 24 heavy (non-hydrogen) atoms. The fourth-order valence-electron chi connectivity index (χ4n) is 2.69. The molecule has 0 spiro atoms. The third-order valence-corrected chi connectivity index (χ3v) is 3.97. The van der Waals surface area contributed by atoms with Crippen molar-refractivity contribution in [3.63, 3.8) is 0 Å². The molecule has 0 atom stereocenters. The summed E-state index contributed by atoms with van der Waals surface area (Å²) < 4.78 is 11.9. The highest BCUT2D eigenvalue weighted by molar-refractivity contribution is 5.75. The molecule has 2 aromatic heterocycles. The van der Waals surface area contributed by atoms with Crippen LogP contribution in [0.15, 0.2) is 33.6 Å². The lowest BCUT2D eigenvalue weighted by Gasteiger charge is -2.06. The summed E-state index contributed by atoms with van der Waals surface area (Å²) in [5.41, 5.74) is 2.98. The van der Waals surface area contributed by atoms with Crippen molar-refractivity contribution >= 4 is 17.0 Å². The van der Waals surface area contributed by atoms with E-state index in [-0.39, 0.29) is 24.7 Å². The van der Waals surface area contributed by atoms with Crippen LogP contribution in [0.5, 0.6) is 0 Å². The Morgan fingerprint density at radius 2 is 2.12 bits per heavy atom. The summed E-state index contributed by atoms with van der Waals surface area (Å²) in [6.07, 6.45) is 0.712. The molecule has 7 heteroatoms. The van der Waals surface area contributed by atoms with E-state index in [0.717, 1.165) is 16.6 Å². The predicted molar refractivity (Wildman–Crippen MR) is 87.8 cm³/mol. The molecule has 0 saturated heterocycles. The Bertz CT molecular complexity index is 900. The summed E-state index contributed by atoms with van der Waals surface area (Å²) in [6.45, 7) is 4.31. The smallest absolute Gasteiger partial charge is 0.326 e. The third-order valence-electron chi connectivity index (χ3n) is 3.97. The number of rotatable bonds is 6. The number of hydrogen-bond acceptors (Lipinski definition) is 5. The van der Waals surface area contributed by atoms with Gasteiger partial charge in [-0.25, -0.2) is 4.79 Å². The maximum atomic E-state index is 11.9. The highest BCUT2D eigenvalue weighted by atomic mass is 16.5. The normalized spacial score (nSPS) is 11.1. The second kappa shape index (κ2) is 6.74. The molecular formula is C17H19N3O4. The van der Waals surface area contributed by atoms with Crippen molar-refractivity contribution < 1.29 is 14.1 Å². The Hall–Kier alpha value is -2.83. The van der Waals surface area contributed by atoms with Crippen LogP contribution in [0.25, 0.3) is 11.0 Å². The average Bonchev–Trinajstić information content (AvgIpc) is 3.05. The number of imidazole rings is 1. The molecule has 126 valence electrons. The van der Waals surface area contributed by atoms with Gasteiger partial charge in [-0.15, -0.1) is 0 Å². The molecule has 1 aromatic carbocycles. The molecule has 0 radical (unpaired) electrons. The van der Waals surface area contributed by atoms with Crippen LogP contribution in [-0.2, 0) is 22.5 Å². The van der Waals surface area contributed by atoms with Crippen LogP contribution in [0, 0.1) is 13.8 Å². The minimum atomic E-state index is -0.323. The van der Waals surface area contributed by atoms with Crippen molar-refractivity contribution in [2.45, 2.75) is 33.2 Å². The number of carbonyl (C=O) groups excluding carboxylic acids is 1. The van der Waals surface area contributed by atoms with E-state index in [2.05, 4.69) is 10.1 Å². The topological polar surface area (TPSA) is 90.1 Å². The molecule has 0 amide bonds. The zero-order chi connectivity index (χ0) is 17.1. The van der Waals surface area contributed by atoms with E-state index in [1.807, 2.05) is 24.3 Å². The van der Waals surface area contributed by atoms with E-state index in [0.29, 0.717) is 24.4 Å². The molecule has 0 bridgehead atoms. The maximum absolute atomic E-state index is 11.9. The molecule has 0 unspecified atom stereocenters. The van der Waals surface area contributed by atoms with Crippen molar-refractivity contribution in [1.29, 1.82) is 0 Å². The van der Waals surface area contributed by atoms with Crippen molar-refractivity contribution in [1.82, 2.24) is 14.7 Å². The average molecular weight is 329 g/mol. The number of H-pyrrole nitrogens is 1. The van der Waals surface area contributed by atoms with Crippen LogP contribution < -0.4 is 5.69 Å². The third kappa shape index (κ3) is 3.24. The lowest BCUT2D eigenvalue weighted by Crippen LogP contribution is -2.18. The van der Waals surface area contributed by atoms with Gasteiger partial charge in [0.25, 0.3) is 0 Å². The molecular weight excluding hydrogens is 310 g/mol. The van der Waals surface area contributed by atoms with Crippen molar-refractivity contribution in [3.8, 4) is 0 Å². The first-order valence-corrected chi connectivity index (χ1v) is 7.81. The quantitative estimate of drug-likeness (QED) is 0.552. The number of benzene rings is 1. The Balaban J connectivity index is 1.52. The lowest BCUT2D eigenvalue weighted by atomic mass is 10.1. The number of aryl methyl sites for hydroxylation is 3. The monoisotopic (exact) mass is 329 g/mol. The molecule has 0 fully saturated rings. The zero-order valence-corrected chi connectivity index (χ0v) is 13.7. The highest BCUT2D eigenvalue weighted by Crippen LogP contribution is 2.13. The van der Waals surface area contributed by atoms with Gasteiger partial charge in [-0.3, -0.25) is 9.36 Å². The SMILES string of the molecule is Cc1noc(C)c1CC(=O)OCCCn1c(=O)[nH]c2ccccc21. The van der Waals surface area contributed by atoms with Gasteiger partial charge in [0.15, 0.2) is 0 Å². The molecule has 0 saturated carbocycles. The number of ether oxygens (including phenoxy) is 1. The molecule has 1 N–H and O–H groups in total. The number of aromatic amines is 1. The van der Waals surface area contributed by atoms with Crippen molar-refractivity contribution in [3.05, 3.63) is 51.8 Å². The Kier molecular flexibility index (Phi) is 4.50. The first-order chi connectivity index (χ1) is 11.6. The van der Waals surface area contributed by atoms with E-state index < -0.39 is 0 Å². The summed E-state index contributed by atoms with van der Waals surface area (Å²) in [5, 5.41) is 3.81. The molecule has 0 aliphatic heterocycles. The number of esters is 1. The van der Waals surface area contributed by atoms with Crippen molar-refractivity contribution in [2.24, 2.45) is 0 Å². The van der Waals surface area contributed by atoms with Crippen LogP contribution >= 0.6 is 0 Å².